The van der Waals surface area contributed by atoms with Crippen molar-refractivity contribution in [1.29, 1.82) is 0 Å². The second kappa shape index (κ2) is 3.79. The molecule has 0 fully saturated rings. The lowest BCUT2D eigenvalue weighted by Crippen LogP contribution is -1.97. The number of hydrogen-bond donors (Lipinski definition) is 0. The van der Waals surface area contributed by atoms with Gasteiger partial charge >= 0.3 is 0 Å². The van der Waals surface area contributed by atoms with Crippen molar-refractivity contribution >= 4 is 11.5 Å². The van der Waals surface area contributed by atoms with Crippen molar-refractivity contribution in [3.63, 3.8) is 0 Å². The highest BCUT2D eigenvalue weighted by Gasteiger charge is 2.08. The number of aryl methyl sites for hydroxylation is 1. The van der Waals surface area contributed by atoms with Gasteiger partial charge in [0.15, 0.2) is 0 Å². The van der Waals surface area contributed by atoms with Gasteiger partial charge in [0.2, 0.25) is 5.88 Å². The van der Waals surface area contributed by atoms with Crippen LogP contribution in [-0.2, 0) is 6.54 Å². The zero-order valence-corrected chi connectivity index (χ0v) is 8.91. The molecule has 0 saturated carbocycles. The van der Waals surface area contributed by atoms with Gasteiger partial charge in [0, 0.05) is 18.8 Å². The van der Waals surface area contributed by atoms with E-state index in [2.05, 4.69) is 16.4 Å². The van der Waals surface area contributed by atoms with Crippen LogP contribution >= 0.6 is 11.5 Å². The lowest BCUT2D eigenvalue weighted by Gasteiger charge is -1.99. The maximum Gasteiger partial charge on any atom is 0.225 e. The second-order valence-electron chi connectivity index (χ2n) is 2.77. The van der Waals surface area contributed by atoms with E-state index in [4.69, 9.17) is 4.74 Å². The minimum Gasteiger partial charge on any atom is -0.480 e. The molecule has 0 amide bonds. The molecule has 14 heavy (non-hydrogen) atoms. The Hall–Kier alpha value is -1.36. The molecule has 0 N–H and O–H groups in total. The summed E-state index contributed by atoms with van der Waals surface area (Å²) in [6.45, 7) is 2.93. The maximum absolute atomic E-state index is 5.04. The van der Waals surface area contributed by atoms with E-state index in [1.807, 2.05) is 16.8 Å². The molecule has 4 nitrogen and oxygen atoms in total. The van der Waals surface area contributed by atoms with Crippen LogP contribution in [-0.4, -0.2) is 21.3 Å². The van der Waals surface area contributed by atoms with E-state index in [0.717, 1.165) is 17.1 Å². The molecule has 0 aliphatic heterocycles. The van der Waals surface area contributed by atoms with Gasteiger partial charge in [-0.2, -0.15) is 9.47 Å². The van der Waals surface area contributed by atoms with Gasteiger partial charge in [0.25, 0.3) is 0 Å². The number of rotatable bonds is 3. The fourth-order valence-electron chi connectivity index (χ4n) is 1.27. The third-order valence-corrected chi connectivity index (χ3v) is 2.76. The van der Waals surface area contributed by atoms with Crippen LogP contribution in [0.3, 0.4) is 0 Å². The number of aromatic nitrogens is 3. The van der Waals surface area contributed by atoms with Gasteiger partial charge in [-0.3, -0.25) is 4.68 Å². The largest absolute Gasteiger partial charge is 0.480 e. The number of hydrogen-bond acceptors (Lipinski definition) is 4. The molecule has 0 bridgehead atoms. The van der Waals surface area contributed by atoms with Crippen molar-refractivity contribution in [2.24, 2.45) is 0 Å². The van der Waals surface area contributed by atoms with Crippen LogP contribution in [0.25, 0.3) is 10.6 Å². The van der Waals surface area contributed by atoms with Crippen LogP contribution in [0.15, 0.2) is 18.3 Å². The quantitative estimate of drug-likeness (QED) is 0.776. The highest BCUT2D eigenvalue weighted by atomic mass is 32.1. The first-order chi connectivity index (χ1) is 6.85. The molecule has 0 aliphatic carbocycles. The van der Waals surface area contributed by atoms with E-state index in [9.17, 15) is 0 Å². The SMILES string of the molecule is CCn1nccc1-c1cc(OC)ns1. The summed E-state index contributed by atoms with van der Waals surface area (Å²) in [5.74, 6) is 0.661. The van der Waals surface area contributed by atoms with Gasteiger partial charge in [-0.1, -0.05) is 0 Å². The first-order valence-electron chi connectivity index (χ1n) is 4.38. The number of ether oxygens (including phenoxy) is 1. The van der Waals surface area contributed by atoms with E-state index in [1.54, 1.807) is 13.3 Å². The molecule has 0 aliphatic rings. The lowest BCUT2D eigenvalue weighted by molar-refractivity contribution is 0.403. The van der Waals surface area contributed by atoms with Crippen LogP contribution in [0.4, 0.5) is 0 Å². The van der Waals surface area contributed by atoms with E-state index in [-0.39, 0.29) is 0 Å². The molecular weight excluding hydrogens is 198 g/mol. The van der Waals surface area contributed by atoms with Crippen LogP contribution in [0, 0.1) is 0 Å². The Bertz CT molecular complexity index is 421. The standard InChI is InChI=1S/C9H11N3OS/c1-3-12-7(4-5-10-12)8-6-9(13-2)11-14-8/h4-6H,3H2,1-2H3. The summed E-state index contributed by atoms with van der Waals surface area (Å²) in [6.07, 6.45) is 1.80. The maximum atomic E-state index is 5.04. The number of nitrogens with zero attached hydrogens (tertiary/aromatic N) is 3. The molecule has 2 rings (SSSR count). The zero-order chi connectivity index (χ0) is 9.97. The molecule has 2 aromatic heterocycles. The van der Waals surface area contributed by atoms with Crippen LogP contribution in [0.2, 0.25) is 0 Å². The Morgan fingerprint density at radius 1 is 1.57 bits per heavy atom. The molecule has 74 valence electrons. The monoisotopic (exact) mass is 209 g/mol. The first kappa shape index (κ1) is 9.21. The Morgan fingerprint density at radius 2 is 2.43 bits per heavy atom. The minimum absolute atomic E-state index is 0.661. The van der Waals surface area contributed by atoms with Crippen molar-refractivity contribution < 1.29 is 4.74 Å². The van der Waals surface area contributed by atoms with Crippen molar-refractivity contribution in [2.75, 3.05) is 7.11 Å². The molecule has 0 saturated heterocycles. The summed E-state index contributed by atoms with van der Waals surface area (Å²) < 4.78 is 11.1. The topological polar surface area (TPSA) is 39.9 Å². The van der Waals surface area contributed by atoms with Gasteiger partial charge in [0.05, 0.1) is 17.7 Å². The van der Waals surface area contributed by atoms with Gasteiger partial charge in [-0.25, -0.2) is 0 Å². The van der Waals surface area contributed by atoms with E-state index in [1.165, 1.54) is 11.5 Å². The summed E-state index contributed by atoms with van der Waals surface area (Å²) in [5.41, 5.74) is 1.09. The molecule has 2 heterocycles. The van der Waals surface area contributed by atoms with Gasteiger partial charge in [0.1, 0.15) is 0 Å². The van der Waals surface area contributed by atoms with Crippen molar-refractivity contribution in [3.8, 4) is 16.5 Å². The highest BCUT2D eigenvalue weighted by molar-refractivity contribution is 7.09. The molecule has 0 aromatic carbocycles. The Balaban J connectivity index is 2.38. The minimum atomic E-state index is 0.661. The van der Waals surface area contributed by atoms with Crippen LogP contribution in [0.1, 0.15) is 6.92 Å². The van der Waals surface area contributed by atoms with Gasteiger partial charge in [-0.05, 0) is 24.5 Å². The predicted octanol–water partition coefficient (Wildman–Crippen LogP) is 2.04. The normalized spacial score (nSPS) is 10.4. The third kappa shape index (κ3) is 1.50. The number of methoxy groups -OCH3 is 1. The fraction of sp³-hybridized carbons (Fsp3) is 0.333. The van der Waals surface area contributed by atoms with Crippen LogP contribution in [0.5, 0.6) is 5.88 Å². The molecule has 5 heteroatoms. The third-order valence-electron chi connectivity index (χ3n) is 1.97. The van der Waals surface area contributed by atoms with Crippen molar-refractivity contribution in [3.05, 3.63) is 18.3 Å². The summed E-state index contributed by atoms with van der Waals surface area (Å²) >= 11 is 1.43. The Morgan fingerprint density at radius 3 is 3.07 bits per heavy atom. The van der Waals surface area contributed by atoms with Gasteiger partial charge < -0.3 is 4.74 Å². The summed E-state index contributed by atoms with van der Waals surface area (Å²) in [5, 5.41) is 4.20. The molecule has 2 aromatic rings. The van der Waals surface area contributed by atoms with E-state index >= 15 is 0 Å². The predicted molar refractivity (Wildman–Crippen MR) is 55.6 cm³/mol. The summed E-state index contributed by atoms with van der Waals surface area (Å²) in [6, 6.07) is 3.91. The summed E-state index contributed by atoms with van der Waals surface area (Å²) in [7, 11) is 1.62. The van der Waals surface area contributed by atoms with Crippen molar-refractivity contribution in [1.82, 2.24) is 14.2 Å². The second-order valence-corrected chi connectivity index (χ2v) is 3.57. The van der Waals surface area contributed by atoms with Gasteiger partial charge in [-0.15, -0.1) is 0 Å². The smallest absolute Gasteiger partial charge is 0.225 e. The van der Waals surface area contributed by atoms with E-state index in [0.29, 0.717) is 5.88 Å². The summed E-state index contributed by atoms with van der Waals surface area (Å²) in [4.78, 5) is 1.08. The van der Waals surface area contributed by atoms with Crippen molar-refractivity contribution in [2.45, 2.75) is 13.5 Å². The zero-order valence-electron chi connectivity index (χ0n) is 8.10. The molecule has 0 atom stereocenters. The fourth-order valence-corrected chi connectivity index (χ4v) is 2.01. The molecule has 0 radical (unpaired) electrons. The lowest BCUT2D eigenvalue weighted by atomic mass is 10.3. The average molecular weight is 209 g/mol. The highest BCUT2D eigenvalue weighted by Crippen LogP contribution is 2.27. The first-order valence-corrected chi connectivity index (χ1v) is 5.15. The van der Waals surface area contributed by atoms with Crippen LogP contribution < -0.4 is 4.74 Å². The Kier molecular flexibility index (Phi) is 2.49. The molecule has 0 spiro atoms. The average Bonchev–Trinajstić information content (AvgIpc) is 2.85. The molecular formula is C9H11N3OS. The van der Waals surface area contributed by atoms with E-state index < -0.39 is 0 Å². The Labute approximate surface area is 86.3 Å². The molecule has 0 unspecified atom stereocenters.